The fourth-order valence-electron chi connectivity index (χ4n) is 1.42. The van der Waals surface area contributed by atoms with Gasteiger partial charge in [0, 0.05) is 25.5 Å². The van der Waals surface area contributed by atoms with E-state index >= 15 is 0 Å². The smallest absolute Gasteiger partial charge is 0.270 e. The maximum Gasteiger partial charge on any atom is 0.270 e. The number of hydrogen-bond donors (Lipinski definition) is 2. The minimum Gasteiger partial charge on any atom is -0.397 e. The van der Waals surface area contributed by atoms with Gasteiger partial charge in [0.05, 0.1) is 0 Å². The van der Waals surface area contributed by atoms with Crippen LogP contribution in [-0.4, -0.2) is 29.4 Å². The van der Waals surface area contributed by atoms with E-state index in [1.807, 2.05) is 7.05 Å². The maximum atomic E-state index is 11.8. The lowest BCUT2D eigenvalue weighted by Crippen LogP contribution is -2.31. The number of rotatable bonds is 4. The Morgan fingerprint density at radius 3 is 2.80 bits per heavy atom. The van der Waals surface area contributed by atoms with Crippen LogP contribution in [0.5, 0.6) is 0 Å². The zero-order valence-electron chi connectivity index (χ0n) is 9.58. The number of hydrogen-bond acceptors (Lipinski definition) is 2. The van der Waals surface area contributed by atoms with E-state index < -0.39 is 0 Å². The molecule has 1 aromatic rings. The van der Waals surface area contributed by atoms with Gasteiger partial charge in [-0.3, -0.25) is 4.79 Å². The maximum absolute atomic E-state index is 11.8. The largest absolute Gasteiger partial charge is 0.397 e. The van der Waals surface area contributed by atoms with Crippen molar-refractivity contribution in [3.63, 3.8) is 0 Å². The summed E-state index contributed by atoms with van der Waals surface area (Å²) in [5.41, 5.74) is 6.69. The summed E-state index contributed by atoms with van der Waals surface area (Å²) in [7, 11) is 1.81. The van der Waals surface area contributed by atoms with Crippen LogP contribution in [0.1, 0.15) is 30.8 Å². The summed E-state index contributed by atoms with van der Waals surface area (Å²) in [6.45, 7) is 5.02. The predicted octanol–water partition coefficient (Wildman–Crippen LogP) is 1.72. The summed E-state index contributed by atoms with van der Waals surface area (Å²) < 4.78 is 0. The van der Waals surface area contributed by atoms with Crippen molar-refractivity contribution in [2.24, 2.45) is 5.92 Å². The van der Waals surface area contributed by atoms with Gasteiger partial charge in [0.15, 0.2) is 0 Å². The van der Waals surface area contributed by atoms with Gasteiger partial charge in [-0.25, -0.2) is 0 Å². The molecule has 0 bridgehead atoms. The predicted molar refractivity (Wildman–Crippen MR) is 61.6 cm³/mol. The first-order valence-corrected chi connectivity index (χ1v) is 5.24. The molecular formula is C11H19N3O. The average molecular weight is 209 g/mol. The summed E-state index contributed by atoms with van der Waals surface area (Å²) in [5.74, 6) is 0.512. The molecular weight excluding hydrogens is 190 g/mol. The zero-order valence-corrected chi connectivity index (χ0v) is 9.58. The molecule has 1 rings (SSSR count). The van der Waals surface area contributed by atoms with Crippen molar-refractivity contribution in [1.29, 1.82) is 0 Å². The van der Waals surface area contributed by atoms with E-state index in [9.17, 15) is 4.79 Å². The van der Waals surface area contributed by atoms with E-state index in [-0.39, 0.29) is 5.91 Å². The molecule has 0 fully saturated rings. The Balaban J connectivity index is 2.60. The van der Waals surface area contributed by atoms with Crippen LogP contribution < -0.4 is 5.73 Å². The summed E-state index contributed by atoms with van der Waals surface area (Å²) in [4.78, 5) is 16.4. The first-order valence-electron chi connectivity index (χ1n) is 5.24. The molecule has 0 aromatic carbocycles. The number of carbonyl (C=O) groups is 1. The van der Waals surface area contributed by atoms with E-state index in [0.29, 0.717) is 17.3 Å². The fourth-order valence-corrected chi connectivity index (χ4v) is 1.42. The highest BCUT2D eigenvalue weighted by atomic mass is 16.2. The van der Waals surface area contributed by atoms with Crippen molar-refractivity contribution in [1.82, 2.24) is 9.88 Å². The van der Waals surface area contributed by atoms with E-state index in [1.54, 1.807) is 17.2 Å². The van der Waals surface area contributed by atoms with Gasteiger partial charge >= 0.3 is 0 Å². The molecule has 15 heavy (non-hydrogen) atoms. The number of anilines is 1. The van der Waals surface area contributed by atoms with Gasteiger partial charge in [-0.1, -0.05) is 20.3 Å². The molecule has 0 spiro atoms. The monoisotopic (exact) mass is 209 g/mol. The van der Waals surface area contributed by atoms with Crippen molar-refractivity contribution in [2.45, 2.75) is 20.3 Å². The second-order valence-corrected chi connectivity index (χ2v) is 4.05. The highest BCUT2D eigenvalue weighted by Gasteiger charge is 2.14. The van der Waals surface area contributed by atoms with Crippen LogP contribution in [0.4, 0.5) is 5.69 Å². The molecule has 1 atom stereocenters. The lowest BCUT2D eigenvalue weighted by Gasteiger charge is -2.20. The molecule has 0 aliphatic heterocycles. The van der Waals surface area contributed by atoms with Gasteiger partial charge in [0.1, 0.15) is 5.69 Å². The van der Waals surface area contributed by atoms with Gasteiger partial charge in [-0.15, -0.1) is 0 Å². The first-order chi connectivity index (χ1) is 7.04. The summed E-state index contributed by atoms with van der Waals surface area (Å²) >= 11 is 0. The van der Waals surface area contributed by atoms with Crippen LogP contribution in [0.3, 0.4) is 0 Å². The number of H-pyrrole nitrogens is 1. The van der Waals surface area contributed by atoms with Crippen LogP contribution in [-0.2, 0) is 0 Å². The average Bonchev–Trinajstić information content (AvgIpc) is 2.63. The Bertz CT molecular complexity index is 332. The molecule has 1 aromatic heterocycles. The number of aromatic nitrogens is 1. The fraction of sp³-hybridized carbons (Fsp3) is 0.545. The van der Waals surface area contributed by atoms with Crippen molar-refractivity contribution < 1.29 is 4.79 Å². The second-order valence-electron chi connectivity index (χ2n) is 4.05. The van der Waals surface area contributed by atoms with E-state index in [1.165, 1.54) is 0 Å². The van der Waals surface area contributed by atoms with E-state index in [0.717, 1.165) is 13.0 Å². The molecule has 1 unspecified atom stereocenters. The van der Waals surface area contributed by atoms with Crippen LogP contribution in [0.2, 0.25) is 0 Å². The number of nitrogen functional groups attached to an aromatic ring is 1. The van der Waals surface area contributed by atoms with Crippen LogP contribution in [0.25, 0.3) is 0 Å². The van der Waals surface area contributed by atoms with Gasteiger partial charge in [-0.05, 0) is 12.0 Å². The SMILES string of the molecule is CCC(C)CN(C)C(=O)c1cc(N)c[nH]1. The summed E-state index contributed by atoms with van der Waals surface area (Å²) in [5, 5.41) is 0. The highest BCUT2D eigenvalue weighted by molar-refractivity contribution is 5.93. The van der Waals surface area contributed by atoms with Crippen LogP contribution in [0, 0.1) is 5.92 Å². The van der Waals surface area contributed by atoms with Gasteiger partial charge < -0.3 is 15.6 Å². The lowest BCUT2D eigenvalue weighted by molar-refractivity contribution is 0.0770. The van der Waals surface area contributed by atoms with E-state index in [2.05, 4.69) is 18.8 Å². The molecule has 0 aliphatic rings. The Labute approximate surface area is 90.5 Å². The Hall–Kier alpha value is -1.45. The molecule has 0 saturated heterocycles. The number of amides is 1. The van der Waals surface area contributed by atoms with Gasteiger partial charge in [0.25, 0.3) is 5.91 Å². The third-order valence-electron chi connectivity index (χ3n) is 2.56. The quantitative estimate of drug-likeness (QED) is 0.793. The molecule has 4 nitrogen and oxygen atoms in total. The number of nitrogens with one attached hydrogen (secondary N) is 1. The Kier molecular flexibility index (Phi) is 3.77. The second kappa shape index (κ2) is 4.87. The molecule has 0 radical (unpaired) electrons. The van der Waals surface area contributed by atoms with Crippen LogP contribution in [0.15, 0.2) is 12.3 Å². The molecule has 84 valence electrons. The molecule has 0 saturated carbocycles. The van der Waals surface area contributed by atoms with Gasteiger partial charge in [-0.2, -0.15) is 0 Å². The third-order valence-corrected chi connectivity index (χ3v) is 2.56. The molecule has 4 heteroatoms. The minimum atomic E-state index is -0.00741. The third kappa shape index (κ3) is 3.01. The van der Waals surface area contributed by atoms with Crippen molar-refractivity contribution in [3.05, 3.63) is 18.0 Å². The van der Waals surface area contributed by atoms with Crippen LogP contribution >= 0.6 is 0 Å². The molecule has 1 amide bonds. The summed E-state index contributed by atoms with van der Waals surface area (Å²) in [6, 6.07) is 1.66. The summed E-state index contributed by atoms with van der Waals surface area (Å²) in [6.07, 6.45) is 2.70. The molecule has 0 aliphatic carbocycles. The lowest BCUT2D eigenvalue weighted by atomic mass is 10.1. The Morgan fingerprint density at radius 1 is 1.67 bits per heavy atom. The molecule has 3 N–H and O–H groups in total. The zero-order chi connectivity index (χ0) is 11.4. The van der Waals surface area contributed by atoms with E-state index in [4.69, 9.17) is 5.73 Å². The number of nitrogens with two attached hydrogens (primary N) is 1. The first kappa shape index (κ1) is 11.6. The Morgan fingerprint density at radius 2 is 2.33 bits per heavy atom. The number of aromatic amines is 1. The number of nitrogens with zero attached hydrogens (tertiary/aromatic N) is 1. The van der Waals surface area contributed by atoms with Crippen molar-refractivity contribution in [3.8, 4) is 0 Å². The van der Waals surface area contributed by atoms with Gasteiger partial charge in [0.2, 0.25) is 0 Å². The standard InChI is InChI=1S/C11H19N3O/c1-4-8(2)7-14(3)11(15)10-5-9(12)6-13-10/h5-6,8,13H,4,7,12H2,1-3H3. The normalized spacial score (nSPS) is 12.5. The van der Waals surface area contributed by atoms with Crippen molar-refractivity contribution >= 4 is 11.6 Å². The molecule has 1 heterocycles. The topological polar surface area (TPSA) is 62.1 Å². The van der Waals surface area contributed by atoms with Crippen molar-refractivity contribution in [2.75, 3.05) is 19.3 Å². The highest BCUT2D eigenvalue weighted by Crippen LogP contribution is 2.09. The number of carbonyl (C=O) groups excluding carboxylic acids is 1. The minimum absolute atomic E-state index is 0.00741.